The van der Waals surface area contributed by atoms with Crippen molar-refractivity contribution >= 4 is 46.2 Å². The molecule has 3 amide bonds. The summed E-state index contributed by atoms with van der Waals surface area (Å²) in [6.07, 6.45) is 7.14. The van der Waals surface area contributed by atoms with Gasteiger partial charge in [-0.2, -0.15) is 0 Å². The third-order valence-electron chi connectivity index (χ3n) is 10.7. The van der Waals surface area contributed by atoms with E-state index in [9.17, 15) is 9.59 Å². The van der Waals surface area contributed by atoms with Crippen LogP contribution in [-0.2, 0) is 11.3 Å². The number of hydrogen-bond acceptors (Lipinski definition) is 11. The first-order valence-electron chi connectivity index (χ1n) is 18.8. The smallest absolute Gasteiger partial charge is 0.329 e. The molecule has 0 saturated carbocycles. The van der Waals surface area contributed by atoms with Crippen molar-refractivity contribution in [3.8, 4) is 11.3 Å². The van der Waals surface area contributed by atoms with Gasteiger partial charge in [0.1, 0.15) is 28.7 Å². The van der Waals surface area contributed by atoms with Gasteiger partial charge in [-0.15, -0.1) is 0 Å². The Kier molecular flexibility index (Phi) is 10.1. The van der Waals surface area contributed by atoms with E-state index < -0.39 is 17.7 Å². The average Bonchev–Trinajstić information content (AvgIpc) is 3.53. The number of fused-ring (bicyclic) bond motifs is 1. The predicted octanol–water partition coefficient (Wildman–Crippen LogP) is 5.43. The molecule has 7 heterocycles. The number of amides is 3. The third-order valence-corrected chi connectivity index (χ3v) is 10.7. The second kappa shape index (κ2) is 15.3. The molecule has 0 bridgehead atoms. The van der Waals surface area contributed by atoms with E-state index >= 15 is 8.78 Å². The SMILES string of the molecule is Cc1nc2c(F)cc(-c3nc(Nc4ccc(N5CCC(N6CCN(Cc7ccc(N8CCC(=O)NC8=O)nc7)CC6)CC5)cn4)ncc3F)cc2n1C(C)C. The van der Waals surface area contributed by atoms with Crippen LogP contribution >= 0.6 is 0 Å². The minimum atomic E-state index is -0.655. The highest BCUT2D eigenvalue weighted by molar-refractivity contribution is 6.05. The number of urea groups is 1. The van der Waals surface area contributed by atoms with Gasteiger partial charge in [0.05, 0.1) is 23.6 Å². The lowest BCUT2D eigenvalue weighted by Gasteiger charge is -2.43. The van der Waals surface area contributed by atoms with Gasteiger partial charge in [-0.25, -0.2) is 38.5 Å². The van der Waals surface area contributed by atoms with Crippen molar-refractivity contribution < 1.29 is 18.4 Å². The van der Waals surface area contributed by atoms with Crippen LogP contribution in [0.25, 0.3) is 22.3 Å². The maximum atomic E-state index is 15.1. The number of carbonyl (C=O) groups is 2. The Bertz CT molecular complexity index is 2200. The van der Waals surface area contributed by atoms with Gasteiger partial charge in [0, 0.05) is 82.6 Å². The number of piperazine rings is 1. The Morgan fingerprint density at radius 1 is 0.873 bits per heavy atom. The number of benzene rings is 1. The second-order valence-electron chi connectivity index (χ2n) is 14.7. The summed E-state index contributed by atoms with van der Waals surface area (Å²) in [6, 6.07) is 10.9. The molecular formula is C39H44F2N12O2. The maximum Gasteiger partial charge on any atom is 0.329 e. The number of hydrogen-bond donors (Lipinski definition) is 2. The molecule has 5 aromatic rings. The Hall–Kier alpha value is -5.61. The van der Waals surface area contributed by atoms with E-state index in [1.54, 1.807) is 6.07 Å². The molecule has 1 aromatic carbocycles. The van der Waals surface area contributed by atoms with Crippen molar-refractivity contribution in [1.29, 1.82) is 0 Å². The van der Waals surface area contributed by atoms with Crippen LogP contribution in [0.4, 0.5) is 36.8 Å². The molecule has 0 aliphatic carbocycles. The first kappa shape index (κ1) is 36.4. The summed E-state index contributed by atoms with van der Waals surface area (Å²) >= 11 is 0. The Balaban J connectivity index is 0.825. The molecule has 286 valence electrons. The first-order valence-corrected chi connectivity index (χ1v) is 18.8. The highest BCUT2D eigenvalue weighted by Crippen LogP contribution is 2.31. The van der Waals surface area contributed by atoms with E-state index in [0.717, 1.165) is 76.1 Å². The van der Waals surface area contributed by atoms with Crippen molar-refractivity contribution in [1.82, 2.24) is 44.6 Å². The minimum Gasteiger partial charge on any atom is -0.370 e. The molecule has 55 heavy (non-hydrogen) atoms. The molecule has 4 aromatic heterocycles. The number of carbonyl (C=O) groups excluding carboxylic acids is 2. The average molecular weight is 751 g/mol. The Labute approximate surface area is 317 Å². The zero-order valence-electron chi connectivity index (χ0n) is 31.2. The van der Waals surface area contributed by atoms with Crippen molar-refractivity contribution in [2.45, 2.75) is 58.7 Å². The topological polar surface area (TPSA) is 141 Å². The lowest BCUT2D eigenvalue weighted by atomic mass is 10.0. The quantitative estimate of drug-likeness (QED) is 0.200. The molecule has 2 N–H and O–H groups in total. The van der Waals surface area contributed by atoms with Gasteiger partial charge in [-0.3, -0.25) is 24.8 Å². The van der Waals surface area contributed by atoms with E-state index in [2.05, 4.69) is 50.3 Å². The van der Waals surface area contributed by atoms with Gasteiger partial charge in [-0.05, 0) is 69.5 Å². The number of aryl methyl sites for hydroxylation is 1. The molecule has 14 nitrogen and oxygen atoms in total. The van der Waals surface area contributed by atoms with E-state index in [0.29, 0.717) is 41.1 Å². The van der Waals surface area contributed by atoms with Gasteiger partial charge in [0.2, 0.25) is 11.9 Å². The van der Waals surface area contributed by atoms with Crippen LogP contribution < -0.4 is 20.4 Å². The summed E-state index contributed by atoms with van der Waals surface area (Å²) in [4.78, 5) is 54.5. The molecule has 0 spiro atoms. The zero-order chi connectivity index (χ0) is 38.2. The van der Waals surface area contributed by atoms with Crippen molar-refractivity contribution in [3.05, 3.63) is 78.0 Å². The molecule has 16 heteroatoms. The van der Waals surface area contributed by atoms with E-state index in [1.165, 1.54) is 11.0 Å². The first-order chi connectivity index (χ1) is 26.6. The highest BCUT2D eigenvalue weighted by atomic mass is 19.1. The molecule has 0 atom stereocenters. The maximum absolute atomic E-state index is 15.1. The molecule has 0 unspecified atom stereocenters. The number of piperidine rings is 1. The molecule has 3 aliphatic heterocycles. The predicted molar refractivity (Wildman–Crippen MR) is 205 cm³/mol. The van der Waals surface area contributed by atoms with E-state index in [4.69, 9.17) is 0 Å². The van der Waals surface area contributed by atoms with Crippen molar-refractivity contribution in [2.75, 3.05) is 60.9 Å². The normalized spacial score (nSPS) is 17.7. The number of nitrogens with zero attached hydrogens (tertiary/aromatic N) is 10. The Morgan fingerprint density at radius 3 is 2.36 bits per heavy atom. The largest absolute Gasteiger partial charge is 0.370 e. The van der Waals surface area contributed by atoms with Crippen molar-refractivity contribution in [2.24, 2.45) is 0 Å². The number of anilines is 4. The molecule has 0 radical (unpaired) electrons. The van der Waals surface area contributed by atoms with Crippen LogP contribution in [0.3, 0.4) is 0 Å². The summed E-state index contributed by atoms with van der Waals surface area (Å²) in [5.74, 6) is 0.464. The monoisotopic (exact) mass is 750 g/mol. The van der Waals surface area contributed by atoms with Crippen LogP contribution in [-0.4, -0.2) is 103 Å². The fraction of sp³-hybridized carbons (Fsp3) is 0.410. The summed E-state index contributed by atoms with van der Waals surface area (Å²) in [6.45, 7) is 12.8. The van der Waals surface area contributed by atoms with Crippen LogP contribution in [0.15, 0.2) is 55.0 Å². The molecule has 3 saturated heterocycles. The number of imide groups is 1. The number of halogens is 2. The van der Waals surface area contributed by atoms with Crippen LogP contribution in [0.1, 0.15) is 50.5 Å². The van der Waals surface area contributed by atoms with Crippen molar-refractivity contribution in [3.63, 3.8) is 0 Å². The van der Waals surface area contributed by atoms with Crippen LogP contribution in [0.5, 0.6) is 0 Å². The zero-order valence-corrected chi connectivity index (χ0v) is 31.2. The summed E-state index contributed by atoms with van der Waals surface area (Å²) in [5, 5.41) is 5.41. The second-order valence-corrected chi connectivity index (χ2v) is 14.7. The van der Waals surface area contributed by atoms with E-state index in [1.807, 2.05) is 62.0 Å². The summed E-state index contributed by atoms with van der Waals surface area (Å²) in [7, 11) is 0. The molecule has 3 aliphatic rings. The number of rotatable bonds is 9. The highest BCUT2D eigenvalue weighted by Gasteiger charge is 2.29. The molecule has 3 fully saturated rings. The number of aromatic nitrogens is 6. The fourth-order valence-corrected chi connectivity index (χ4v) is 7.94. The molecular weight excluding hydrogens is 707 g/mol. The van der Waals surface area contributed by atoms with Gasteiger partial charge >= 0.3 is 6.03 Å². The molecule has 8 rings (SSSR count). The Morgan fingerprint density at radius 2 is 1.67 bits per heavy atom. The summed E-state index contributed by atoms with van der Waals surface area (Å²) < 4.78 is 32.1. The fourth-order valence-electron chi connectivity index (χ4n) is 7.94. The number of imidazole rings is 1. The van der Waals surface area contributed by atoms with Gasteiger partial charge in [0.15, 0.2) is 11.6 Å². The summed E-state index contributed by atoms with van der Waals surface area (Å²) in [5.41, 5.74) is 3.25. The van der Waals surface area contributed by atoms with Gasteiger partial charge < -0.3 is 14.8 Å². The standard InChI is InChI=1S/C39H44F2N12O2/c1-24(2)53-25(3)45-37-30(40)18-27(19-32(37)53)36-31(41)22-44-38(48-36)46-33-6-5-29(21-42-33)50-11-8-28(9-12-50)51-16-14-49(15-17-51)23-26-4-7-34(43-20-26)52-13-10-35(54)47-39(52)55/h4-7,18-22,24,28H,8-17,23H2,1-3H3,(H,47,54,55)(H,42,44,46,48). The lowest BCUT2D eigenvalue weighted by molar-refractivity contribution is -0.120. The van der Waals surface area contributed by atoms with Gasteiger partial charge in [0.25, 0.3) is 0 Å². The minimum absolute atomic E-state index is 0.0116. The third kappa shape index (κ3) is 7.69. The van der Waals surface area contributed by atoms with Crippen LogP contribution in [0, 0.1) is 18.6 Å². The number of nitrogens with one attached hydrogen (secondary N) is 2. The van der Waals surface area contributed by atoms with Gasteiger partial charge in [-0.1, -0.05) is 6.07 Å². The lowest BCUT2D eigenvalue weighted by Crippen LogP contribution is -2.53. The van der Waals surface area contributed by atoms with E-state index in [-0.39, 0.29) is 35.5 Å². The number of pyridine rings is 2. The van der Waals surface area contributed by atoms with Crippen LogP contribution in [0.2, 0.25) is 0 Å².